The first-order valence-corrected chi connectivity index (χ1v) is 14.5. The van der Waals surface area contributed by atoms with Crippen LogP contribution in [0.25, 0.3) is 0 Å². The molecule has 37 heavy (non-hydrogen) atoms. The topological polar surface area (TPSA) is 96.0 Å². The zero-order valence-electron chi connectivity index (χ0n) is 23.1. The van der Waals surface area contributed by atoms with Crippen molar-refractivity contribution in [2.75, 3.05) is 24.2 Å². The molecular weight excluding hydrogens is 490 g/mol. The number of aryl methyl sites for hydroxylation is 1. The molecule has 1 atom stereocenters. The van der Waals surface area contributed by atoms with Crippen LogP contribution in [-0.4, -0.2) is 57.1 Å². The lowest BCUT2D eigenvalue weighted by Gasteiger charge is -2.32. The van der Waals surface area contributed by atoms with Crippen LogP contribution < -0.4 is 14.4 Å². The molecule has 1 N–H and O–H groups in total. The second-order valence-electron chi connectivity index (χ2n) is 9.62. The van der Waals surface area contributed by atoms with E-state index >= 15 is 0 Å². The summed E-state index contributed by atoms with van der Waals surface area (Å²) in [6, 6.07) is 12.3. The number of rotatable bonds is 13. The number of sulfonamides is 1. The summed E-state index contributed by atoms with van der Waals surface area (Å²) in [6.07, 6.45) is 2.05. The third-order valence-electron chi connectivity index (χ3n) is 6.30. The van der Waals surface area contributed by atoms with E-state index in [0.29, 0.717) is 24.3 Å². The van der Waals surface area contributed by atoms with Crippen molar-refractivity contribution >= 4 is 27.5 Å². The standard InChI is InChI=1S/C28H41N3O5S/c1-8-25(28(33)29-20(2)3)30(19-23-13-10-14-24(18-23)36-6)27(32)16-11-17-31(37(7,34)35)26-15-9-12-21(4)22(26)5/h9-10,12-15,18,20,25H,8,11,16-17,19H2,1-7H3,(H,29,33). The molecule has 204 valence electrons. The summed E-state index contributed by atoms with van der Waals surface area (Å²) >= 11 is 0. The number of hydrogen-bond donors (Lipinski definition) is 1. The summed E-state index contributed by atoms with van der Waals surface area (Å²) < 4.78 is 31.9. The van der Waals surface area contributed by atoms with Crippen LogP contribution in [0.2, 0.25) is 0 Å². The Labute approximate surface area is 222 Å². The van der Waals surface area contributed by atoms with Gasteiger partial charge in [0.2, 0.25) is 21.8 Å². The van der Waals surface area contributed by atoms with E-state index in [0.717, 1.165) is 16.7 Å². The third kappa shape index (κ3) is 8.49. The van der Waals surface area contributed by atoms with E-state index in [4.69, 9.17) is 4.74 Å². The fraction of sp³-hybridized carbons (Fsp3) is 0.500. The molecule has 2 aromatic rings. The molecule has 0 saturated heterocycles. The van der Waals surface area contributed by atoms with E-state index in [-0.39, 0.29) is 37.4 Å². The van der Waals surface area contributed by atoms with Gasteiger partial charge >= 0.3 is 0 Å². The highest BCUT2D eigenvalue weighted by atomic mass is 32.2. The van der Waals surface area contributed by atoms with Crippen LogP contribution >= 0.6 is 0 Å². The Hall–Kier alpha value is -3.07. The zero-order valence-corrected chi connectivity index (χ0v) is 23.9. The van der Waals surface area contributed by atoms with Gasteiger partial charge in [-0.1, -0.05) is 31.2 Å². The molecule has 0 aliphatic heterocycles. The molecule has 2 amide bonds. The van der Waals surface area contributed by atoms with Crippen LogP contribution in [0.5, 0.6) is 5.75 Å². The van der Waals surface area contributed by atoms with Crippen molar-refractivity contribution in [3.8, 4) is 5.75 Å². The first-order valence-electron chi connectivity index (χ1n) is 12.7. The number of ether oxygens (including phenoxy) is 1. The molecule has 0 radical (unpaired) electrons. The number of carbonyl (C=O) groups excluding carboxylic acids is 2. The maximum absolute atomic E-state index is 13.5. The number of anilines is 1. The summed E-state index contributed by atoms with van der Waals surface area (Å²) in [5, 5.41) is 2.92. The van der Waals surface area contributed by atoms with Crippen LogP contribution in [0, 0.1) is 13.8 Å². The molecular formula is C28H41N3O5S. The molecule has 0 aliphatic rings. The van der Waals surface area contributed by atoms with Gasteiger partial charge in [-0.05, 0) is 75.4 Å². The van der Waals surface area contributed by atoms with Crippen LogP contribution in [0.4, 0.5) is 5.69 Å². The minimum Gasteiger partial charge on any atom is -0.497 e. The molecule has 2 rings (SSSR count). The molecule has 2 aromatic carbocycles. The molecule has 8 nitrogen and oxygen atoms in total. The lowest BCUT2D eigenvalue weighted by atomic mass is 10.1. The Morgan fingerprint density at radius 3 is 2.35 bits per heavy atom. The molecule has 0 saturated carbocycles. The van der Waals surface area contributed by atoms with E-state index in [9.17, 15) is 18.0 Å². The largest absolute Gasteiger partial charge is 0.497 e. The van der Waals surface area contributed by atoms with Gasteiger partial charge in [-0.25, -0.2) is 8.42 Å². The predicted molar refractivity (Wildman–Crippen MR) is 148 cm³/mol. The molecule has 0 aliphatic carbocycles. The average Bonchev–Trinajstić information content (AvgIpc) is 2.82. The molecule has 0 heterocycles. The zero-order chi connectivity index (χ0) is 27.8. The quantitative estimate of drug-likeness (QED) is 0.418. The number of amides is 2. The van der Waals surface area contributed by atoms with Gasteiger partial charge in [-0.15, -0.1) is 0 Å². The SMILES string of the molecule is CCC(C(=O)NC(C)C)N(Cc1cccc(OC)c1)C(=O)CCCN(c1cccc(C)c1C)S(C)(=O)=O. The number of carbonyl (C=O) groups is 2. The minimum atomic E-state index is -3.55. The second kappa shape index (κ2) is 13.5. The van der Waals surface area contributed by atoms with Gasteiger partial charge in [0.25, 0.3) is 0 Å². The highest BCUT2D eigenvalue weighted by molar-refractivity contribution is 7.92. The Kier molecular flexibility index (Phi) is 11.0. The third-order valence-corrected chi connectivity index (χ3v) is 7.48. The maximum Gasteiger partial charge on any atom is 0.243 e. The van der Waals surface area contributed by atoms with Gasteiger partial charge in [-0.2, -0.15) is 0 Å². The van der Waals surface area contributed by atoms with Crippen molar-refractivity contribution in [2.24, 2.45) is 0 Å². The van der Waals surface area contributed by atoms with Gasteiger partial charge in [0.15, 0.2) is 0 Å². The van der Waals surface area contributed by atoms with Gasteiger partial charge in [0.1, 0.15) is 11.8 Å². The molecule has 0 aromatic heterocycles. The van der Waals surface area contributed by atoms with Crippen LogP contribution in [0.15, 0.2) is 42.5 Å². The van der Waals surface area contributed by atoms with E-state index in [2.05, 4.69) is 5.32 Å². The highest BCUT2D eigenvalue weighted by Crippen LogP contribution is 2.26. The number of nitrogens with zero attached hydrogens (tertiary/aromatic N) is 2. The van der Waals surface area contributed by atoms with Gasteiger partial charge in [-0.3, -0.25) is 13.9 Å². The highest BCUT2D eigenvalue weighted by Gasteiger charge is 2.29. The number of benzene rings is 2. The van der Waals surface area contributed by atoms with Gasteiger partial charge in [0, 0.05) is 25.6 Å². The van der Waals surface area contributed by atoms with Crippen molar-refractivity contribution in [3.63, 3.8) is 0 Å². The van der Waals surface area contributed by atoms with Crippen molar-refractivity contribution in [3.05, 3.63) is 59.2 Å². The van der Waals surface area contributed by atoms with Crippen molar-refractivity contribution in [2.45, 2.75) is 72.5 Å². The molecule has 1 unspecified atom stereocenters. The lowest BCUT2D eigenvalue weighted by molar-refractivity contribution is -0.141. The minimum absolute atomic E-state index is 0.0591. The summed E-state index contributed by atoms with van der Waals surface area (Å²) in [5.74, 6) is 0.256. The number of methoxy groups -OCH3 is 1. The lowest BCUT2D eigenvalue weighted by Crippen LogP contribution is -2.50. The van der Waals surface area contributed by atoms with E-state index in [1.54, 1.807) is 18.1 Å². The first kappa shape index (κ1) is 30.2. The molecule has 0 fully saturated rings. The smallest absolute Gasteiger partial charge is 0.243 e. The summed E-state index contributed by atoms with van der Waals surface area (Å²) in [5.41, 5.74) is 3.34. The second-order valence-corrected chi connectivity index (χ2v) is 11.5. The average molecular weight is 532 g/mol. The van der Waals surface area contributed by atoms with Crippen LogP contribution in [0.1, 0.15) is 56.7 Å². The summed E-state index contributed by atoms with van der Waals surface area (Å²) in [4.78, 5) is 28.1. The number of nitrogens with one attached hydrogen (secondary N) is 1. The van der Waals surface area contributed by atoms with E-state index in [1.807, 2.05) is 71.0 Å². The van der Waals surface area contributed by atoms with Crippen molar-refractivity contribution in [1.29, 1.82) is 0 Å². The molecule has 9 heteroatoms. The molecule has 0 spiro atoms. The van der Waals surface area contributed by atoms with Gasteiger partial charge in [0.05, 0.1) is 19.1 Å². The van der Waals surface area contributed by atoms with Gasteiger partial charge < -0.3 is 15.0 Å². The fourth-order valence-corrected chi connectivity index (χ4v) is 5.27. The van der Waals surface area contributed by atoms with E-state index in [1.165, 1.54) is 10.6 Å². The fourth-order valence-electron chi connectivity index (χ4n) is 4.26. The Morgan fingerprint density at radius 2 is 1.76 bits per heavy atom. The summed E-state index contributed by atoms with van der Waals surface area (Å²) in [7, 11) is -1.97. The van der Waals surface area contributed by atoms with Crippen LogP contribution in [0.3, 0.4) is 0 Å². The first-order chi connectivity index (χ1) is 17.4. The van der Waals surface area contributed by atoms with Crippen molar-refractivity contribution in [1.82, 2.24) is 10.2 Å². The maximum atomic E-state index is 13.5. The summed E-state index contributed by atoms with van der Waals surface area (Å²) in [6.45, 7) is 9.87. The van der Waals surface area contributed by atoms with E-state index < -0.39 is 16.1 Å². The monoisotopic (exact) mass is 531 g/mol. The van der Waals surface area contributed by atoms with Crippen LogP contribution in [-0.2, 0) is 26.2 Å². The predicted octanol–water partition coefficient (Wildman–Crippen LogP) is 4.19. The number of hydrogen-bond acceptors (Lipinski definition) is 5. The normalized spacial score (nSPS) is 12.2. The Morgan fingerprint density at radius 1 is 1.08 bits per heavy atom. The molecule has 0 bridgehead atoms. The Balaban J connectivity index is 2.27. The Bertz CT molecular complexity index is 1180. The van der Waals surface area contributed by atoms with Crippen molar-refractivity contribution < 1.29 is 22.7 Å².